The van der Waals surface area contributed by atoms with Gasteiger partial charge in [-0.2, -0.15) is 4.98 Å². The Hall–Kier alpha value is -0.710. The summed E-state index contributed by atoms with van der Waals surface area (Å²) in [4.78, 5) is 3.98. The number of aromatic amines is 1. The highest BCUT2D eigenvalue weighted by atomic mass is 32.2. The summed E-state index contributed by atoms with van der Waals surface area (Å²) in [5, 5.41) is 7.26. The highest BCUT2D eigenvalue weighted by Crippen LogP contribution is 2.16. The average molecular weight is 186 g/mol. The molecule has 12 heavy (non-hydrogen) atoms. The van der Waals surface area contributed by atoms with Crippen LogP contribution in [-0.4, -0.2) is 20.9 Å². The number of nitrogens with one attached hydrogen (secondary N) is 1. The maximum atomic E-state index is 5.37. The molecule has 0 radical (unpaired) electrons. The molecule has 0 bridgehead atoms. The second kappa shape index (κ2) is 4.35. The van der Waals surface area contributed by atoms with Gasteiger partial charge in [0.15, 0.2) is 0 Å². The topological polar surface area (TPSA) is 67.6 Å². The van der Waals surface area contributed by atoms with Crippen LogP contribution in [0.25, 0.3) is 0 Å². The second-order valence-corrected chi connectivity index (χ2v) is 4.10. The molecule has 0 atom stereocenters. The van der Waals surface area contributed by atoms with Gasteiger partial charge in [0, 0.05) is 5.75 Å². The third kappa shape index (κ3) is 3.13. The van der Waals surface area contributed by atoms with Gasteiger partial charge < -0.3 is 5.73 Å². The lowest BCUT2D eigenvalue weighted by atomic mass is 10.2. The fourth-order valence-electron chi connectivity index (χ4n) is 0.709. The lowest BCUT2D eigenvalue weighted by Crippen LogP contribution is -1.90. The zero-order valence-corrected chi connectivity index (χ0v) is 8.19. The molecule has 0 unspecified atom stereocenters. The Morgan fingerprint density at radius 2 is 2.33 bits per heavy atom. The maximum absolute atomic E-state index is 5.37. The zero-order valence-electron chi connectivity index (χ0n) is 7.37. The summed E-state index contributed by atoms with van der Waals surface area (Å²) in [6, 6.07) is 0. The smallest absolute Gasteiger partial charge is 0.216 e. The standard InChI is InChI=1S/C7H14N4S/c1-5(2)3-4-12-7-9-6(8)10-11-7/h5H,3-4H2,1-2H3,(H3,8,9,10,11). The van der Waals surface area contributed by atoms with Crippen LogP contribution < -0.4 is 5.73 Å². The molecule has 4 nitrogen and oxygen atoms in total. The molecule has 0 spiro atoms. The van der Waals surface area contributed by atoms with E-state index in [1.54, 1.807) is 11.8 Å². The van der Waals surface area contributed by atoms with Crippen LogP contribution in [0.1, 0.15) is 20.3 Å². The van der Waals surface area contributed by atoms with Gasteiger partial charge in [0.2, 0.25) is 11.1 Å². The molecule has 3 N–H and O–H groups in total. The lowest BCUT2D eigenvalue weighted by Gasteiger charge is -2.00. The Morgan fingerprint density at radius 1 is 1.58 bits per heavy atom. The minimum Gasteiger partial charge on any atom is -0.368 e. The Bertz CT molecular complexity index is 233. The van der Waals surface area contributed by atoms with Crippen molar-refractivity contribution in [1.82, 2.24) is 15.2 Å². The Balaban J connectivity index is 2.24. The lowest BCUT2D eigenvalue weighted by molar-refractivity contribution is 0.631. The van der Waals surface area contributed by atoms with Gasteiger partial charge in [-0.15, -0.1) is 5.10 Å². The number of aromatic nitrogens is 3. The van der Waals surface area contributed by atoms with Crippen LogP contribution in [0.2, 0.25) is 0 Å². The van der Waals surface area contributed by atoms with Crippen LogP contribution in [0, 0.1) is 5.92 Å². The van der Waals surface area contributed by atoms with Gasteiger partial charge in [-0.05, 0) is 12.3 Å². The van der Waals surface area contributed by atoms with Crippen LogP contribution in [0.4, 0.5) is 5.95 Å². The number of thioether (sulfide) groups is 1. The molecule has 0 amide bonds. The molecule has 1 aromatic heterocycles. The SMILES string of the molecule is CC(C)CCSc1n[nH]c(N)n1. The maximum Gasteiger partial charge on any atom is 0.216 e. The minimum atomic E-state index is 0.391. The second-order valence-electron chi connectivity index (χ2n) is 3.03. The Labute approximate surface area is 76.3 Å². The normalized spacial score (nSPS) is 10.9. The van der Waals surface area contributed by atoms with Crippen molar-refractivity contribution in [2.75, 3.05) is 11.5 Å². The number of rotatable bonds is 4. The first-order valence-electron chi connectivity index (χ1n) is 3.99. The summed E-state index contributed by atoms with van der Waals surface area (Å²) >= 11 is 1.64. The van der Waals surface area contributed by atoms with Crippen LogP contribution in [-0.2, 0) is 0 Å². The fraction of sp³-hybridized carbons (Fsp3) is 0.714. The molecular formula is C7H14N4S. The van der Waals surface area contributed by atoms with Gasteiger partial charge in [-0.25, -0.2) is 5.10 Å². The molecule has 0 saturated heterocycles. The van der Waals surface area contributed by atoms with Crippen LogP contribution in [0.5, 0.6) is 0 Å². The molecule has 0 fully saturated rings. The van der Waals surface area contributed by atoms with E-state index in [0.717, 1.165) is 16.8 Å². The van der Waals surface area contributed by atoms with Crippen LogP contribution >= 0.6 is 11.8 Å². The molecule has 0 aliphatic carbocycles. The summed E-state index contributed by atoms with van der Waals surface area (Å²) in [7, 11) is 0. The summed E-state index contributed by atoms with van der Waals surface area (Å²) in [6.07, 6.45) is 1.18. The Morgan fingerprint density at radius 3 is 2.83 bits per heavy atom. The van der Waals surface area contributed by atoms with E-state index >= 15 is 0 Å². The number of nitrogens with zero attached hydrogens (tertiary/aromatic N) is 2. The molecular weight excluding hydrogens is 172 g/mol. The van der Waals surface area contributed by atoms with E-state index in [9.17, 15) is 0 Å². The van der Waals surface area contributed by atoms with Gasteiger partial charge in [-0.3, -0.25) is 0 Å². The summed E-state index contributed by atoms with van der Waals surface area (Å²) < 4.78 is 0. The number of anilines is 1. The van der Waals surface area contributed by atoms with Crippen molar-refractivity contribution in [3.05, 3.63) is 0 Å². The fourth-order valence-corrected chi connectivity index (χ4v) is 1.75. The largest absolute Gasteiger partial charge is 0.368 e. The first kappa shape index (κ1) is 9.38. The summed E-state index contributed by atoms with van der Waals surface area (Å²) in [5.74, 6) is 2.17. The van der Waals surface area contributed by atoms with Crippen molar-refractivity contribution in [2.45, 2.75) is 25.4 Å². The predicted octanol–water partition coefficient (Wildman–Crippen LogP) is 1.53. The van der Waals surface area contributed by atoms with Crippen molar-refractivity contribution < 1.29 is 0 Å². The summed E-state index contributed by atoms with van der Waals surface area (Å²) in [5.41, 5.74) is 5.37. The molecule has 1 heterocycles. The zero-order chi connectivity index (χ0) is 8.97. The third-order valence-corrected chi connectivity index (χ3v) is 2.29. The minimum absolute atomic E-state index is 0.391. The first-order chi connectivity index (χ1) is 5.68. The van der Waals surface area contributed by atoms with Gasteiger partial charge in [-0.1, -0.05) is 25.6 Å². The highest BCUT2D eigenvalue weighted by Gasteiger charge is 2.01. The van der Waals surface area contributed by atoms with Gasteiger partial charge in [0.05, 0.1) is 0 Å². The molecule has 0 saturated carbocycles. The molecule has 0 aliphatic heterocycles. The number of nitrogen functional groups attached to an aromatic ring is 1. The first-order valence-corrected chi connectivity index (χ1v) is 4.97. The number of hydrogen-bond acceptors (Lipinski definition) is 4. The van der Waals surface area contributed by atoms with E-state index in [0.29, 0.717) is 5.95 Å². The van der Waals surface area contributed by atoms with E-state index in [-0.39, 0.29) is 0 Å². The quantitative estimate of drug-likeness (QED) is 0.700. The molecule has 5 heteroatoms. The number of hydrogen-bond donors (Lipinski definition) is 2. The Kier molecular flexibility index (Phi) is 3.40. The van der Waals surface area contributed by atoms with E-state index < -0.39 is 0 Å². The molecule has 68 valence electrons. The van der Waals surface area contributed by atoms with Gasteiger partial charge >= 0.3 is 0 Å². The average Bonchev–Trinajstić information content (AvgIpc) is 2.35. The number of nitrogens with two attached hydrogens (primary N) is 1. The number of H-pyrrole nitrogens is 1. The summed E-state index contributed by atoms with van der Waals surface area (Å²) in [6.45, 7) is 4.40. The van der Waals surface area contributed by atoms with E-state index in [2.05, 4.69) is 29.0 Å². The molecule has 0 aromatic carbocycles. The predicted molar refractivity (Wildman–Crippen MR) is 51.0 cm³/mol. The molecule has 0 aliphatic rings. The van der Waals surface area contributed by atoms with Crippen LogP contribution in [0.3, 0.4) is 0 Å². The van der Waals surface area contributed by atoms with E-state index in [4.69, 9.17) is 5.73 Å². The monoisotopic (exact) mass is 186 g/mol. The van der Waals surface area contributed by atoms with E-state index in [1.807, 2.05) is 0 Å². The van der Waals surface area contributed by atoms with Crippen molar-refractivity contribution in [3.8, 4) is 0 Å². The van der Waals surface area contributed by atoms with Crippen molar-refractivity contribution >= 4 is 17.7 Å². The van der Waals surface area contributed by atoms with Crippen LogP contribution in [0.15, 0.2) is 5.16 Å². The van der Waals surface area contributed by atoms with Gasteiger partial charge in [0.1, 0.15) is 0 Å². The van der Waals surface area contributed by atoms with E-state index in [1.165, 1.54) is 6.42 Å². The van der Waals surface area contributed by atoms with Crippen molar-refractivity contribution in [3.63, 3.8) is 0 Å². The van der Waals surface area contributed by atoms with Gasteiger partial charge in [0.25, 0.3) is 0 Å². The highest BCUT2D eigenvalue weighted by molar-refractivity contribution is 7.99. The third-order valence-electron chi connectivity index (χ3n) is 1.41. The van der Waals surface area contributed by atoms with Crippen molar-refractivity contribution in [1.29, 1.82) is 0 Å². The van der Waals surface area contributed by atoms with Crippen molar-refractivity contribution in [2.24, 2.45) is 5.92 Å². The molecule has 1 rings (SSSR count). The molecule has 1 aromatic rings.